The lowest BCUT2D eigenvalue weighted by Gasteiger charge is -2.31. The molecule has 0 saturated heterocycles. The summed E-state index contributed by atoms with van der Waals surface area (Å²) in [5.41, 5.74) is 30.7. The summed E-state index contributed by atoms with van der Waals surface area (Å²) in [4.78, 5) is 10.1. The fourth-order valence-corrected chi connectivity index (χ4v) is 11.6. The molecule has 1 atom stereocenters. The first-order chi connectivity index (χ1) is 33.0. The lowest BCUT2D eigenvalue weighted by atomic mass is 9.69. The van der Waals surface area contributed by atoms with E-state index in [1.165, 1.54) is 83.5 Å². The molecule has 0 amide bonds. The largest absolute Gasteiger partial charge is 0.383 e. The number of aliphatic imine (C=N–C) groups is 2. The van der Waals surface area contributed by atoms with Gasteiger partial charge >= 0.3 is 0 Å². The van der Waals surface area contributed by atoms with Crippen LogP contribution in [0.1, 0.15) is 62.9 Å². The van der Waals surface area contributed by atoms with Gasteiger partial charge in [0.2, 0.25) is 0 Å². The zero-order valence-corrected chi connectivity index (χ0v) is 37.0. The van der Waals surface area contributed by atoms with Crippen molar-refractivity contribution in [2.45, 2.75) is 24.7 Å². The Morgan fingerprint density at radius 1 is 0.448 bits per heavy atom. The van der Waals surface area contributed by atoms with Gasteiger partial charge in [-0.1, -0.05) is 207 Å². The van der Waals surface area contributed by atoms with Crippen LogP contribution < -0.4 is 5.73 Å². The van der Waals surface area contributed by atoms with E-state index < -0.39 is 0 Å². The fraction of sp³-hybridized carbons (Fsp3) is 0.0625. The van der Waals surface area contributed by atoms with E-state index in [2.05, 4.69) is 189 Å². The minimum Gasteiger partial charge on any atom is -0.383 e. The number of benzene rings is 9. The second kappa shape index (κ2) is 15.4. The highest BCUT2D eigenvalue weighted by molar-refractivity contribution is 6.12. The third kappa shape index (κ3) is 6.05. The Labute approximate surface area is 391 Å². The molecule has 1 unspecified atom stereocenters. The first-order valence-corrected chi connectivity index (χ1v) is 23.3. The van der Waals surface area contributed by atoms with Crippen LogP contribution in [0.25, 0.3) is 66.6 Å². The van der Waals surface area contributed by atoms with Gasteiger partial charge in [0.1, 0.15) is 5.84 Å². The van der Waals surface area contributed by atoms with E-state index in [-0.39, 0.29) is 5.41 Å². The fourth-order valence-electron chi connectivity index (χ4n) is 11.6. The van der Waals surface area contributed by atoms with E-state index in [1.807, 2.05) is 30.3 Å². The van der Waals surface area contributed by atoms with Crippen LogP contribution in [0.2, 0.25) is 0 Å². The van der Waals surface area contributed by atoms with Gasteiger partial charge in [-0.3, -0.25) is 0 Å². The number of nitrogens with two attached hydrogens (primary N) is 1. The second-order valence-corrected chi connectivity index (χ2v) is 18.2. The predicted molar refractivity (Wildman–Crippen MR) is 279 cm³/mol. The second-order valence-electron chi connectivity index (χ2n) is 18.2. The molecule has 0 radical (unpaired) electrons. The molecule has 316 valence electrons. The van der Waals surface area contributed by atoms with Crippen LogP contribution >= 0.6 is 0 Å². The zero-order valence-electron chi connectivity index (χ0n) is 37.0. The first-order valence-electron chi connectivity index (χ1n) is 23.3. The Morgan fingerprint density at radius 2 is 1.04 bits per heavy atom. The maximum atomic E-state index is 6.69. The number of hydrogen-bond donors (Lipinski definition) is 1. The molecule has 67 heavy (non-hydrogen) atoms. The number of rotatable bonds is 6. The average Bonchev–Trinajstić information content (AvgIpc) is 4.03. The third-order valence-corrected chi connectivity index (χ3v) is 14.5. The van der Waals surface area contributed by atoms with Gasteiger partial charge in [0.25, 0.3) is 0 Å². The Hall–Kier alpha value is -8.40. The number of hydrogen-bond acceptors (Lipinski definition) is 1. The summed E-state index contributed by atoms with van der Waals surface area (Å²) in [5.74, 6) is 0.898. The van der Waals surface area contributed by atoms with Gasteiger partial charge in [-0.15, -0.1) is 0 Å². The van der Waals surface area contributed by atoms with E-state index in [0.717, 1.165) is 52.3 Å². The normalized spacial score (nSPS) is 16.4. The minimum absolute atomic E-state index is 0.330. The Morgan fingerprint density at radius 3 is 1.88 bits per heavy atom. The summed E-state index contributed by atoms with van der Waals surface area (Å²) in [6.45, 7) is 4.50. The molecular formula is C64H45N3. The van der Waals surface area contributed by atoms with Gasteiger partial charge in [0.05, 0.1) is 11.1 Å². The van der Waals surface area contributed by atoms with Crippen molar-refractivity contribution in [1.82, 2.24) is 0 Å². The summed E-state index contributed by atoms with van der Waals surface area (Å²) in [6.07, 6.45) is 8.07. The van der Waals surface area contributed by atoms with Crippen LogP contribution in [0.15, 0.2) is 234 Å². The molecule has 0 bridgehead atoms. The van der Waals surface area contributed by atoms with Gasteiger partial charge in [-0.05, 0) is 131 Å². The van der Waals surface area contributed by atoms with Crippen LogP contribution in [0.3, 0.4) is 0 Å². The highest BCUT2D eigenvalue weighted by Gasteiger charge is 2.53. The molecule has 0 fully saturated rings. The molecule has 0 aromatic heterocycles. The van der Waals surface area contributed by atoms with Crippen LogP contribution in [0.4, 0.5) is 0 Å². The SMILES string of the molecule is C=C(N=C(N=C(N)c1ccccc1)c1ccc(-c2cccc3c2-c2ccccc2C3)cc1)c1ccc2cc(-c3cccc4c3-c3ccccc3C43C4=CCCC=C4c4ccccc43)ccc2c1. The summed E-state index contributed by atoms with van der Waals surface area (Å²) in [5, 5.41) is 2.27. The van der Waals surface area contributed by atoms with Gasteiger partial charge in [-0.2, -0.15) is 0 Å². The summed E-state index contributed by atoms with van der Waals surface area (Å²) < 4.78 is 0. The highest BCUT2D eigenvalue weighted by Crippen LogP contribution is 2.65. The molecule has 0 saturated carbocycles. The van der Waals surface area contributed by atoms with Crippen LogP contribution in [0, 0.1) is 0 Å². The van der Waals surface area contributed by atoms with Crippen LogP contribution in [0.5, 0.6) is 0 Å². The lowest BCUT2D eigenvalue weighted by Crippen LogP contribution is -2.26. The van der Waals surface area contributed by atoms with E-state index in [4.69, 9.17) is 15.7 Å². The van der Waals surface area contributed by atoms with E-state index >= 15 is 0 Å². The van der Waals surface area contributed by atoms with Crippen LogP contribution in [-0.4, -0.2) is 11.7 Å². The van der Waals surface area contributed by atoms with Gasteiger partial charge in [0.15, 0.2) is 5.84 Å². The van der Waals surface area contributed by atoms with Crippen molar-refractivity contribution in [2.24, 2.45) is 15.7 Å². The van der Waals surface area contributed by atoms with Gasteiger partial charge in [-0.25, -0.2) is 9.98 Å². The zero-order chi connectivity index (χ0) is 44.6. The molecule has 9 aromatic carbocycles. The van der Waals surface area contributed by atoms with Crippen molar-refractivity contribution in [1.29, 1.82) is 0 Å². The predicted octanol–water partition coefficient (Wildman–Crippen LogP) is 15.0. The molecule has 13 rings (SSSR count). The molecule has 0 heterocycles. The molecule has 0 aliphatic heterocycles. The van der Waals surface area contributed by atoms with Gasteiger partial charge in [0, 0.05) is 16.7 Å². The molecule has 1 spiro atoms. The first kappa shape index (κ1) is 39.0. The van der Waals surface area contributed by atoms with E-state index in [1.54, 1.807) is 0 Å². The number of amidine groups is 2. The Balaban J connectivity index is 0.865. The molecular weight excluding hydrogens is 811 g/mol. The highest BCUT2D eigenvalue weighted by atomic mass is 15.0. The van der Waals surface area contributed by atoms with Crippen molar-refractivity contribution in [3.63, 3.8) is 0 Å². The average molecular weight is 856 g/mol. The van der Waals surface area contributed by atoms with Gasteiger partial charge < -0.3 is 5.73 Å². The number of allylic oxidation sites excluding steroid dienone is 4. The van der Waals surface area contributed by atoms with Crippen molar-refractivity contribution < 1.29 is 0 Å². The van der Waals surface area contributed by atoms with Crippen molar-refractivity contribution in [3.8, 4) is 44.5 Å². The quantitative estimate of drug-likeness (QED) is 0.131. The lowest BCUT2D eigenvalue weighted by molar-refractivity contribution is 0.782. The molecule has 3 heteroatoms. The maximum Gasteiger partial charge on any atom is 0.162 e. The summed E-state index contributed by atoms with van der Waals surface area (Å²) >= 11 is 0. The van der Waals surface area contributed by atoms with Crippen molar-refractivity contribution in [2.75, 3.05) is 0 Å². The van der Waals surface area contributed by atoms with Crippen molar-refractivity contribution >= 4 is 33.7 Å². The third-order valence-electron chi connectivity index (χ3n) is 14.5. The summed E-state index contributed by atoms with van der Waals surface area (Å²) in [7, 11) is 0. The standard InChI is InChI=1S/C64H45N3/c1-40(66-63(67-62(65)42-15-3-2-4-16-42)43-31-29-41(30-32-43)50-23-13-18-49-39-47-17-5-6-19-51(47)60(49)50)44-33-34-46-38-48(36-35-45(46)37-44)52-24-14-28-59-61(52)55-22-9-12-27-58(55)64(59)56-25-10-7-20-53(56)54-21-8-11-26-57(54)64/h2-7,9-10,12-38H,1,8,11,39H2,(H2,65,66,67). The topological polar surface area (TPSA) is 50.7 Å². The van der Waals surface area contributed by atoms with E-state index in [9.17, 15) is 0 Å². The number of fused-ring (bicyclic) bond motifs is 14. The smallest absolute Gasteiger partial charge is 0.162 e. The minimum atomic E-state index is -0.330. The molecule has 4 aliphatic carbocycles. The molecule has 4 aliphatic rings. The van der Waals surface area contributed by atoms with Crippen molar-refractivity contribution in [3.05, 3.63) is 275 Å². The van der Waals surface area contributed by atoms with Crippen LogP contribution in [-0.2, 0) is 11.8 Å². The Bertz CT molecular complexity index is 3680. The van der Waals surface area contributed by atoms with E-state index in [0.29, 0.717) is 17.4 Å². The molecule has 9 aromatic rings. The molecule has 2 N–H and O–H groups in total. The maximum absolute atomic E-state index is 6.69. The molecule has 3 nitrogen and oxygen atoms in total. The summed E-state index contributed by atoms with van der Waals surface area (Å²) in [6, 6.07) is 72.2. The Kier molecular flexibility index (Phi) is 8.94. The monoisotopic (exact) mass is 855 g/mol. The number of nitrogens with zero attached hydrogens (tertiary/aromatic N) is 2.